The summed E-state index contributed by atoms with van der Waals surface area (Å²) < 4.78 is 5.12. The highest BCUT2D eigenvalue weighted by atomic mass is 16.5. The Balaban J connectivity index is 2.19. The number of nitrogen functional groups attached to an aromatic ring is 1. The maximum atomic E-state index is 11.2. The first-order valence-corrected chi connectivity index (χ1v) is 6.48. The van der Waals surface area contributed by atoms with E-state index in [1.807, 2.05) is 31.2 Å². The number of methoxy groups -OCH3 is 1. The molecule has 0 bridgehead atoms. The molecule has 0 aliphatic rings. The predicted octanol–water partition coefficient (Wildman–Crippen LogP) is 1.94. The Morgan fingerprint density at radius 3 is 2.48 bits per heavy atom. The third-order valence-electron chi connectivity index (χ3n) is 3.15. The minimum absolute atomic E-state index is 0.0335. The van der Waals surface area contributed by atoms with Crippen molar-refractivity contribution in [2.75, 3.05) is 18.2 Å². The molecule has 2 aromatic rings. The van der Waals surface area contributed by atoms with Crippen molar-refractivity contribution in [1.29, 1.82) is 0 Å². The van der Waals surface area contributed by atoms with Crippen LogP contribution >= 0.6 is 0 Å². The molecule has 1 unspecified atom stereocenters. The number of nitrogens with two attached hydrogens (primary N) is 2. The van der Waals surface area contributed by atoms with Crippen molar-refractivity contribution in [2.24, 2.45) is 5.73 Å². The normalized spacial score (nSPS) is 11.7. The summed E-state index contributed by atoms with van der Waals surface area (Å²) in [5.74, 6) is 0.643. The molecule has 0 aliphatic heterocycles. The lowest BCUT2D eigenvalue weighted by atomic mass is 10.1. The van der Waals surface area contributed by atoms with Crippen LogP contribution in [0.1, 0.15) is 29.0 Å². The van der Waals surface area contributed by atoms with Gasteiger partial charge in [0, 0.05) is 0 Å². The molecular formula is C15H18N4O2. The van der Waals surface area contributed by atoms with Crippen molar-refractivity contribution in [3.05, 3.63) is 47.7 Å². The molecule has 0 saturated heterocycles. The van der Waals surface area contributed by atoms with Gasteiger partial charge in [0.25, 0.3) is 5.91 Å². The molecule has 6 nitrogen and oxygen atoms in total. The zero-order chi connectivity index (χ0) is 15.4. The van der Waals surface area contributed by atoms with Crippen LogP contribution in [0, 0.1) is 0 Å². The van der Waals surface area contributed by atoms with Gasteiger partial charge in [-0.2, -0.15) is 0 Å². The Labute approximate surface area is 123 Å². The Hall–Kier alpha value is -2.76. The number of pyridine rings is 1. The Kier molecular flexibility index (Phi) is 4.27. The van der Waals surface area contributed by atoms with Crippen LogP contribution in [0.3, 0.4) is 0 Å². The maximum Gasteiger partial charge on any atom is 0.267 e. The summed E-state index contributed by atoms with van der Waals surface area (Å²) in [5.41, 5.74) is 12.8. The van der Waals surface area contributed by atoms with E-state index in [0.717, 1.165) is 11.3 Å². The predicted molar refractivity (Wildman–Crippen MR) is 82.2 cm³/mol. The van der Waals surface area contributed by atoms with Gasteiger partial charge in [0.1, 0.15) is 11.4 Å². The lowest BCUT2D eigenvalue weighted by Gasteiger charge is -2.17. The molecule has 5 N–H and O–H groups in total. The van der Waals surface area contributed by atoms with Crippen LogP contribution in [0.15, 0.2) is 36.4 Å². The van der Waals surface area contributed by atoms with Gasteiger partial charge < -0.3 is 21.5 Å². The summed E-state index contributed by atoms with van der Waals surface area (Å²) in [5, 5.41) is 3.17. The van der Waals surface area contributed by atoms with Gasteiger partial charge in [0.2, 0.25) is 0 Å². The van der Waals surface area contributed by atoms with E-state index >= 15 is 0 Å². The number of rotatable bonds is 5. The number of hydrogen-bond acceptors (Lipinski definition) is 5. The van der Waals surface area contributed by atoms with E-state index in [9.17, 15) is 4.79 Å². The van der Waals surface area contributed by atoms with E-state index in [0.29, 0.717) is 11.5 Å². The number of ether oxygens (including phenoxy) is 1. The Bertz CT molecular complexity index is 641. The average Bonchev–Trinajstić information content (AvgIpc) is 2.49. The van der Waals surface area contributed by atoms with Crippen LogP contribution in [0.4, 0.5) is 11.5 Å². The van der Waals surface area contributed by atoms with Gasteiger partial charge in [0.15, 0.2) is 5.82 Å². The number of benzene rings is 1. The highest BCUT2D eigenvalue weighted by Gasteiger charge is 2.11. The molecule has 6 heteroatoms. The summed E-state index contributed by atoms with van der Waals surface area (Å²) >= 11 is 0. The van der Waals surface area contributed by atoms with Crippen molar-refractivity contribution < 1.29 is 9.53 Å². The van der Waals surface area contributed by atoms with E-state index in [1.54, 1.807) is 13.2 Å². The van der Waals surface area contributed by atoms with Crippen LogP contribution in [0.2, 0.25) is 0 Å². The largest absolute Gasteiger partial charge is 0.497 e. The highest BCUT2D eigenvalue weighted by Crippen LogP contribution is 2.24. The number of nitrogens with one attached hydrogen (secondary N) is 1. The lowest BCUT2D eigenvalue weighted by Crippen LogP contribution is -2.16. The van der Waals surface area contributed by atoms with Gasteiger partial charge >= 0.3 is 0 Å². The summed E-state index contributed by atoms with van der Waals surface area (Å²) in [6, 6.07) is 10.7. The molecule has 0 saturated carbocycles. The minimum Gasteiger partial charge on any atom is -0.497 e. The van der Waals surface area contributed by atoms with E-state index < -0.39 is 5.91 Å². The third kappa shape index (κ3) is 3.42. The number of hydrogen-bond donors (Lipinski definition) is 3. The Morgan fingerprint density at radius 2 is 1.90 bits per heavy atom. The summed E-state index contributed by atoms with van der Waals surface area (Å²) in [7, 11) is 1.62. The molecule has 1 aromatic heterocycles. The monoisotopic (exact) mass is 286 g/mol. The fraction of sp³-hybridized carbons (Fsp3) is 0.200. The van der Waals surface area contributed by atoms with E-state index in [4.69, 9.17) is 16.2 Å². The SMILES string of the molecule is COc1ccc(C(C)Nc2nc(C(N)=O)ccc2N)cc1. The first-order valence-electron chi connectivity index (χ1n) is 6.48. The molecule has 0 aliphatic carbocycles. The topological polar surface area (TPSA) is 103 Å². The smallest absolute Gasteiger partial charge is 0.267 e. The standard InChI is InChI=1S/C15H18N4O2/c1-9(10-3-5-11(21-2)6-4-10)18-15-12(16)7-8-13(19-15)14(17)20/h3-9H,16H2,1-2H3,(H2,17,20)(H,18,19). The van der Waals surface area contributed by atoms with Crippen molar-refractivity contribution in [2.45, 2.75) is 13.0 Å². The maximum absolute atomic E-state index is 11.2. The van der Waals surface area contributed by atoms with Gasteiger partial charge in [-0.3, -0.25) is 4.79 Å². The fourth-order valence-electron chi connectivity index (χ4n) is 1.90. The van der Waals surface area contributed by atoms with Crippen LogP contribution < -0.4 is 21.5 Å². The zero-order valence-corrected chi connectivity index (χ0v) is 12.0. The zero-order valence-electron chi connectivity index (χ0n) is 12.0. The molecule has 1 heterocycles. The van der Waals surface area contributed by atoms with E-state index in [-0.39, 0.29) is 11.7 Å². The van der Waals surface area contributed by atoms with Gasteiger partial charge in [-0.15, -0.1) is 0 Å². The minimum atomic E-state index is -0.588. The number of amides is 1. The third-order valence-corrected chi connectivity index (χ3v) is 3.15. The second-order valence-electron chi connectivity index (χ2n) is 4.64. The fourth-order valence-corrected chi connectivity index (χ4v) is 1.90. The van der Waals surface area contributed by atoms with E-state index in [1.165, 1.54) is 6.07 Å². The Morgan fingerprint density at radius 1 is 1.24 bits per heavy atom. The van der Waals surface area contributed by atoms with Crippen LogP contribution in [-0.2, 0) is 0 Å². The van der Waals surface area contributed by atoms with Crippen molar-refractivity contribution in [3.63, 3.8) is 0 Å². The first-order chi connectivity index (χ1) is 10.0. The van der Waals surface area contributed by atoms with Gasteiger partial charge in [-0.25, -0.2) is 4.98 Å². The van der Waals surface area contributed by atoms with Crippen LogP contribution in [-0.4, -0.2) is 18.0 Å². The molecule has 1 aromatic carbocycles. The van der Waals surface area contributed by atoms with Crippen LogP contribution in [0.5, 0.6) is 5.75 Å². The summed E-state index contributed by atoms with van der Waals surface area (Å²) in [4.78, 5) is 15.3. The van der Waals surface area contributed by atoms with Crippen molar-refractivity contribution >= 4 is 17.4 Å². The van der Waals surface area contributed by atoms with Gasteiger partial charge in [-0.1, -0.05) is 12.1 Å². The molecule has 0 radical (unpaired) electrons. The molecule has 2 rings (SSSR count). The molecule has 1 atom stereocenters. The highest BCUT2D eigenvalue weighted by molar-refractivity contribution is 5.91. The quantitative estimate of drug-likeness (QED) is 0.779. The molecule has 110 valence electrons. The van der Waals surface area contributed by atoms with Gasteiger partial charge in [0.05, 0.1) is 18.8 Å². The van der Waals surface area contributed by atoms with Crippen molar-refractivity contribution in [1.82, 2.24) is 4.98 Å². The molecule has 0 fully saturated rings. The molecule has 0 spiro atoms. The number of nitrogens with zero attached hydrogens (tertiary/aromatic N) is 1. The number of carbonyl (C=O) groups is 1. The molecule has 1 amide bonds. The average molecular weight is 286 g/mol. The van der Waals surface area contributed by atoms with Crippen LogP contribution in [0.25, 0.3) is 0 Å². The summed E-state index contributed by atoms with van der Waals surface area (Å²) in [6.07, 6.45) is 0. The van der Waals surface area contributed by atoms with Crippen molar-refractivity contribution in [3.8, 4) is 5.75 Å². The number of carbonyl (C=O) groups excluding carboxylic acids is 1. The molecular weight excluding hydrogens is 268 g/mol. The number of aromatic nitrogens is 1. The molecule has 21 heavy (non-hydrogen) atoms. The van der Waals surface area contributed by atoms with Gasteiger partial charge in [-0.05, 0) is 36.8 Å². The second-order valence-corrected chi connectivity index (χ2v) is 4.64. The second kappa shape index (κ2) is 6.13. The first kappa shape index (κ1) is 14.6. The summed E-state index contributed by atoms with van der Waals surface area (Å²) in [6.45, 7) is 1.97. The number of anilines is 2. The van der Waals surface area contributed by atoms with E-state index in [2.05, 4.69) is 10.3 Å². The lowest BCUT2D eigenvalue weighted by molar-refractivity contribution is 0.0995. The number of primary amides is 1.